The molecular weight excluding hydrogens is 403 g/mol. The van der Waals surface area contributed by atoms with E-state index in [1.165, 1.54) is 23.5 Å². The second-order valence-corrected chi connectivity index (χ2v) is 7.64. The van der Waals surface area contributed by atoms with Gasteiger partial charge in [0.15, 0.2) is 5.13 Å². The first-order chi connectivity index (χ1) is 13.9. The second kappa shape index (κ2) is 7.62. The topological polar surface area (TPSA) is 37.8 Å². The smallest absolute Gasteiger partial charge is 0.416 e. The monoisotopic (exact) mass is 423 g/mol. The van der Waals surface area contributed by atoms with Crippen LogP contribution in [0.25, 0.3) is 10.2 Å². The standard InChI is InChI=1S/C20H20F3N3O2S/c1-27-15-6-7-16(28-2)18-17(15)24-19(29-18)26-10-8-25(9-11-26)14-5-3-4-13(12-14)20(21,22)23/h3-7,12H,8-11H2,1-2H3. The highest BCUT2D eigenvalue weighted by Crippen LogP contribution is 2.40. The maximum Gasteiger partial charge on any atom is 0.416 e. The van der Waals surface area contributed by atoms with Crippen LogP contribution in [0, 0.1) is 0 Å². The predicted molar refractivity (Wildman–Crippen MR) is 109 cm³/mol. The van der Waals surface area contributed by atoms with Gasteiger partial charge in [0.25, 0.3) is 0 Å². The largest absolute Gasteiger partial charge is 0.495 e. The molecule has 2 heterocycles. The fourth-order valence-corrected chi connectivity index (χ4v) is 4.57. The van der Waals surface area contributed by atoms with Crippen molar-refractivity contribution in [2.75, 3.05) is 50.2 Å². The van der Waals surface area contributed by atoms with Crippen LogP contribution in [0.3, 0.4) is 0 Å². The molecular formula is C20H20F3N3O2S. The van der Waals surface area contributed by atoms with Gasteiger partial charge in [-0.15, -0.1) is 0 Å². The molecule has 5 nitrogen and oxygen atoms in total. The Labute approximate surface area is 170 Å². The average molecular weight is 423 g/mol. The number of methoxy groups -OCH3 is 2. The Morgan fingerprint density at radius 2 is 1.59 bits per heavy atom. The van der Waals surface area contributed by atoms with Crippen LogP contribution in [0.4, 0.5) is 24.0 Å². The molecule has 4 rings (SSSR count). The molecule has 1 aromatic heterocycles. The Morgan fingerprint density at radius 1 is 0.931 bits per heavy atom. The Bertz CT molecular complexity index is 973. The van der Waals surface area contributed by atoms with E-state index in [-0.39, 0.29) is 0 Å². The molecule has 1 aliphatic rings. The molecule has 0 saturated carbocycles. The van der Waals surface area contributed by atoms with E-state index in [2.05, 4.69) is 4.90 Å². The van der Waals surface area contributed by atoms with Crippen molar-refractivity contribution >= 4 is 32.4 Å². The van der Waals surface area contributed by atoms with Crippen LogP contribution in [0.5, 0.6) is 11.5 Å². The zero-order chi connectivity index (χ0) is 20.6. The molecule has 3 aromatic rings. The number of piperazine rings is 1. The predicted octanol–water partition coefficient (Wildman–Crippen LogP) is 4.66. The van der Waals surface area contributed by atoms with Crippen LogP contribution < -0.4 is 19.3 Å². The van der Waals surface area contributed by atoms with E-state index >= 15 is 0 Å². The van der Waals surface area contributed by atoms with E-state index in [1.807, 2.05) is 17.0 Å². The Morgan fingerprint density at radius 3 is 2.24 bits per heavy atom. The molecule has 1 aliphatic heterocycles. The normalized spacial score (nSPS) is 15.1. The van der Waals surface area contributed by atoms with Gasteiger partial charge in [0.05, 0.1) is 19.8 Å². The van der Waals surface area contributed by atoms with Gasteiger partial charge >= 0.3 is 6.18 Å². The summed E-state index contributed by atoms with van der Waals surface area (Å²) in [5.74, 6) is 1.43. The number of nitrogens with zero attached hydrogens (tertiary/aromatic N) is 3. The lowest BCUT2D eigenvalue weighted by Crippen LogP contribution is -2.46. The molecule has 9 heteroatoms. The summed E-state index contributed by atoms with van der Waals surface area (Å²) in [7, 11) is 3.22. The minimum absolute atomic E-state index is 0.590. The molecule has 0 amide bonds. The lowest BCUT2D eigenvalue weighted by atomic mass is 10.1. The SMILES string of the molecule is COc1ccc(OC)c2sc(N3CCN(c4cccc(C(F)(F)F)c4)CC3)nc12. The fraction of sp³-hybridized carbons (Fsp3) is 0.350. The van der Waals surface area contributed by atoms with Crippen LogP contribution in [-0.4, -0.2) is 45.4 Å². The third kappa shape index (κ3) is 3.78. The number of benzene rings is 2. The number of hydrogen-bond acceptors (Lipinski definition) is 6. The van der Waals surface area contributed by atoms with Crippen LogP contribution in [0.2, 0.25) is 0 Å². The van der Waals surface area contributed by atoms with Crippen LogP contribution in [0.15, 0.2) is 36.4 Å². The van der Waals surface area contributed by atoms with Gasteiger partial charge in [-0.2, -0.15) is 13.2 Å². The van der Waals surface area contributed by atoms with Crippen LogP contribution in [0.1, 0.15) is 5.56 Å². The third-order valence-corrected chi connectivity index (χ3v) is 6.12. The summed E-state index contributed by atoms with van der Waals surface area (Å²) in [6, 6.07) is 9.17. The highest BCUT2D eigenvalue weighted by atomic mass is 32.1. The van der Waals surface area contributed by atoms with Gasteiger partial charge in [0.1, 0.15) is 21.7 Å². The van der Waals surface area contributed by atoms with Crippen molar-refractivity contribution in [1.29, 1.82) is 0 Å². The molecule has 0 atom stereocenters. The maximum atomic E-state index is 13.0. The van der Waals surface area contributed by atoms with Crippen LogP contribution >= 0.6 is 11.3 Å². The third-order valence-electron chi connectivity index (χ3n) is 4.99. The number of ether oxygens (including phenoxy) is 2. The van der Waals surface area contributed by atoms with Crippen molar-refractivity contribution in [2.24, 2.45) is 0 Å². The fourth-order valence-electron chi connectivity index (χ4n) is 3.44. The number of aromatic nitrogens is 1. The van der Waals surface area contributed by atoms with Gasteiger partial charge in [-0.05, 0) is 30.3 Å². The molecule has 29 heavy (non-hydrogen) atoms. The molecule has 0 N–H and O–H groups in total. The van der Waals surface area contributed by atoms with E-state index in [4.69, 9.17) is 14.5 Å². The zero-order valence-electron chi connectivity index (χ0n) is 16.0. The highest BCUT2D eigenvalue weighted by Gasteiger charge is 2.31. The Hall–Kier alpha value is -2.68. The van der Waals surface area contributed by atoms with Gasteiger partial charge in [-0.1, -0.05) is 17.4 Å². The number of anilines is 2. The van der Waals surface area contributed by atoms with Crippen molar-refractivity contribution < 1.29 is 22.6 Å². The van der Waals surface area contributed by atoms with Crippen molar-refractivity contribution in [3.63, 3.8) is 0 Å². The first-order valence-electron chi connectivity index (χ1n) is 9.09. The van der Waals surface area contributed by atoms with Crippen molar-refractivity contribution in [2.45, 2.75) is 6.18 Å². The second-order valence-electron chi connectivity index (χ2n) is 6.67. The van der Waals surface area contributed by atoms with Crippen molar-refractivity contribution in [3.05, 3.63) is 42.0 Å². The van der Waals surface area contributed by atoms with Crippen molar-refractivity contribution in [1.82, 2.24) is 4.98 Å². The quantitative estimate of drug-likeness (QED) is 0.610. The minimum atomic E-state index is -4.34. The number of rotatable bonds is 4. The lowest BCUT2D eigenvalue weighted by Gasteiger charge is -2.36. The number of thiazole rings is 1. The molecule has 0 radical (unpaired) electrons. The van der Waals surface area contributed by atoms with Gasteiger partial charge in [0, 0.05) is 31.9 Å². The first-order valence-corrected chi connectivity index (χ1v) is 9.91. The Kier molecular flexibility index (Phi) is 5.16. The molecule has 1 fully saturated rings. The molecule has 0 spiro atoms. The highest BCUT2D eigenvalue weighted by molar-refractivity contribution is 7.22. The van der Waals surface area contributed by atoms with E-state index in [0.29, 0.717) is 37.6 Å². The lowest BCUT2D eigenvalue weighted by molar-refractivity contribution is -0.137. The molecule has 154 valence electrons. The molecule has 0 bridgehead atoms. The summed E-state index contributed by atoms with van der Waals surface area (Å²) < 4.78 is 50.7. The van der Waals surface area contributed by atoms with E-state index in [1.54, 1.807) is 20.3 Å². The zero-order valence-corrected chi connectivity index (χ0v) is 16.8. The summed E-state index contributed by atoms with van der Waals surface area (Å²) in [5.41, 5.74) is 0.724. The number of hydrogen-bond donors (Lipinski definition) is 0. The number of fused-ring (bicyclic) bond motifs is 1. The van der Waals surface area contributed by atoms with E-state index in [0.717, 1.165) is 27.2 Å². The van der Waals surface area contributed by atoms with E-state index in [9.17, 15) is 13.2 Å². The summed E-state index contributed by atoms with van der Waals surface area (Å²) in [4.78, 5) is 8.85. The number of alkyl halides is 3. The number of halogens is 3. The first kappa shape index (κ1) is 19.6. The van der Waals surface area contributed by atoms with Gasteiger partial charge in [0.2, 0.25) is 0 Å². The molecule has 0 aliphatic carbocycles. The summed E-state index contributed by atoms with van der Waals surface area (Å²) in [6.07, 6.45) is -4.34. The van der Waals surface area contributed by atoms with Gasteiger partial charge < -0.3 is 19.3 Å². The van der Waals surface area contributed by atoms with Crippen LogP contribution in [-0.2, 0) is 6.18 Å². The van der Waals surface area contributed by atoms with Crippen molar-refractivity contribution in [3.8, 4) is 11.5 Å². The minimum Gasteiger partial charge on any atom is -0.495 e. The Balaban J connectivity index is 1.53. The molecule has 2 aromatic carbocycles. The summed E-state index contributed by atoms with van der Waals surface area (Å²) in [6.45, 7) is 2.57. The summed E-state index contributed by atoms with van der Waals surface area (Å²) in [5, 5.41) is 0.853. The van der Waals surface area contributed by atoms with Gasteiger partial charge in [-0.25, -0.2) is 4.98 Å². The maximum absolute atomic E-state index is 13.0. The molecule has 1 saturated heterocycles. The average Bonchev–Trinajstić information content (AvgIpc) is 3.18. The van der Waals surface area contributed by atoms with E-state index < -0.39 is 11.7 Å². The molecule has 0 unspecified atom stereocenters. The van der Waals surface area contributed by atoms with Gasteiger partial charge in [-0.3, -0.25) is 0 Å². The summed E-state index contributed by atoms with van der Waals surface area (Å²) >= 11 is 1.53.